The molecule has 0 bridgehead atoms. The summed E-state index contributed by atoms with van der Waals surface area (Å²) in [7, 11) is 1.51. The average Bonchev–Trinajstić information content (AvgIpc) is 2.80. The summed E-state index contributed by atoms with van der Waals surface area (Å²) in [6, 6.07) is 1.41. The summed E-state index contributed by atoms with van der Waals surface area (Å²) in [5, 5.41) is 3.90. The van der Waals surface area contributed by atoms with E-state index in [0.29, 0.717) is 27.9 Å². The molecule has 2 heterocycles. The van der Waals surface area contributed by atoms with Crippen molar-refractivity contribution in [3.8, 4) is 5.75 Å². The summed E-state index contributed by atoms with van der Waals surface area (Å²) in [4.78, 5) is 16.2. The van der Waals surface area contributed by atoms with Gasteiger partial charge in [-0.1, -0.05) is 19.0 Å². The van der Waals surface area contributed by atoms with Crippen LogP contribution in [0, 0.1) is 5.92 Å². The van der Waals surface area contributed by atoms with E-state index in [0.717, 1.165) is 6.42 Å². The van der Waals surface area contributed by atoms with Crippen LogP contribution in [0.2, 0.25) is 0 Å². The summed E-state index contributed by atoms with van der Waals surface area (Å²) in [5.74, 6) is 2.03. The monoisotopic (exact) mass is 341 g/mol. The normalized spacial score (nSPS) is 11.1. The largest absolute Gasteiger partial charge is 0.495 e. The van der Waals surface area contributed by atoms with E-state index in [-0.39, 0.29) is 12.1 Å². The van der Waals surface area contributed by atoms with Crippen molar-refractivity contribution in [1.29, 1.82) is 0 Å². The molecule has 6 nitrogen and oxygen atoms in total. The standard InChI is InChI=1S/C13H16BrN3O3/c1-8(2)4-11-15-12(20-16-11)7-17-6-9(14)10(19-3)5-13(17)18/h5-6,8H,4,7H2,1-3H3. The van der Waals surface area contributed by atoms with Crippen LogP contribution in [0.25, 0.3) is 0 Å². The molecule has 0 fully saturated rings. The highest BCUT2D eigenvalue weighted by Crippen LogP contribution is 2.21. The van der Waals surface area contributed by atoms with Crippen molar-refractivity contribution in [3.05, 3.63) is 38.8 Å². The molecule has 0 unspecified atom stereocenters. The van der Waals surface area contributed by atoms with Crippen LogP contribution in [0.15, 0.2) is 26.1 Å². The van der Waals surface area contributed by atoms with Gasteiger partial charge < -0.3 is 13.8 Å². The van der Waals surface area contributed by atoms with Crippen molar-refractivity contribution in [2.75, 3.05) is 7.11 Å². The van der Waals surface area contributed by atoms with Gasteiger partial charge in [-0.2, -0.15) is 4.98 Å². The van der Waals surface area contributed by atoms with E-state index in [4.69, 9.17) is 9.26 Å². The number of halogens is 1. The Morgan fingerprint density at radius 2 is 2.25 bits per heavy atom. The molecule has 0 spiro atoms. The molecule has 0 atom stereocenters. The minimum Gasteiger partial charge on any atom is -0.495 e. The molecule has 2 aromatic rings. The van der Waals surface area contributed by atoms with Crippen LogP contribution in [0.5, 0.6) is 5.75 Å². The maximum atomic E-state index is 11.9. The van der Waals surface area contributed by atoms with Gasteiger partial charge in [0.25, 0.3) is 5.56 Å². The first-order chi connectivity index (χ1) is 9.49. The highest BCUT2D eigenvalue weighted by atomic mass is 79.9. The van der Waals surface area contributed by atoms with Crippen LogP contribution < -0.4 is 10.3 Å². The van der Waals surface area contributed by atoms with Crippen LogP contribution >= 0.6 is 15.9 Å². The predicted molar refractivity (Wildman–Crippen MR) is 76.9 cm³/mol. The van der Waals surface area contributed by atoms with Gasteiger partial charge in [-0.25, -0.2) is 0 Å². The molecular formula is C13H16BrN3O3. The quantitative estimate of drug-likeness (QED) is 0.834. The van der Waals surface area contributed by atoms with Crippen LogP contribution in [-0.4, -0.2) is 21.8 Å². The minimum absolute atomic E-state index is 0.186. The minimum atomic E-state index is -0.186. The second-order valence-electron chi connectivity index (χ2n) is 4.86. The van der Waals surface area contributed by atoms with Crippen LogP contribution in [0.3, 0.4) is 0 Å². The second-order valence-corrected chi connectivity index (χ2v) is 5.71. The lowest BCUT2D eigenvalue weighted by Crippen LogP contribution is -2.19. The van der Waals surface area contributed by atoms with Crippen LogP contribution in [0.1, 0.15) is 25.6 Å². The number of nitrogens with zero attached hydrogens (tertiary/aromatic N) is 3. The highest BCUT2D eigenvalue weighted by Gasteiger charge is 2.11. The summed E-state index contributed by atoms with van der Waals surface area (Å²) in [5.41, 5.74) is -0.186. The lowest BCUT2D eigenvalue weighted by molar-refractivity contribution is 0.361. The van der Waals surface area contributed by atoms with Crippen molar-refractivity contribution >= 4 is 15.9 Å². The van der Waals surface area contributed by atoms with Crippen LogP contribution in [-0.2, 0) is 13.0 Å². The molecular weight excluding hydrogens is 326 g/mol. The van der Waals surface area contributed by atoms with Crippen molar-refractivity contribution in [1.82, 2.24) is 14.7 Å². The van der Waals surface area contributed by atoms with Crippen LogP contribution in [0.4, 0.5) is 0 Å². The van der Waals surface area contributed by atoms with E-state index in [9.17, 15) is 4.79 Å². The average molecular weight is 342 g/mol. The zero-order valence-electron chi connectivity index (χ0n) is 11.6. The Bertz CT molecular complexity index is 649. The molecule has 2 aromatic heterocycles. The number of aromatic nitrogens is 3. The molecule has 0 saturated heterocycles. The molecule has 0 radical (unpaired) electrons. The first kappa shape index (κ1) is 14.8. The molecule has 108 valence electrons. The number of methoxy groups -OCH3 is 1. The van der Waals surface area contributed by atoms with Gasteiger partial charge in [-0.15, -0.1) is 0 Å². The number of ether oxygens (including phenoxy) is 1. The van der Waals surface area contributed by atoms with E-state index in [1.807, 2.05) is 0 Å². The predicted octanol–water partition coefficient (Wildman–Crippen LogP) is 2.25. The highest BCUT2D eigenvalue weighted by molar-refractivity contribution is 9.10. The van der Waals surface area contributed by atoms with Crippen molar-refractivity contribution in [2.45, 2.75) is 26.8 Å². The first-order valence-electron chi connectivity index (χ1n) is 6.25. The van der Waals surface area contributed by atoms with Crippen molar-refractivity contribution in [3.63, 3.8) is 0 Å². The number of hydrogen-bond acceptors (Lipinski definition) is 5. The van der Waals surface area contributed by atoms with Gasteiger partial charge in [-0.3, -0.25) is 4.79 Å². The maximum Gasteiger partial charge on any atom is 0.254 e. The fraction of sp³-hybridized carbons (Fsp3) is 0.462. The zero-order valence-corrected chi connectivity index (χ0v) is 13.2. The van der Waals surface area contributed by atoms with Crippen molar-refractivity contribution < 1.29 is 9.26 Å². The van der Waals surface area contributed by atoms with Gasteiger partial charge in [0.2, 0.25) is 5.89 Å². The molecule has 0 aliphatic rings. The Kier molecular flexibility index (Phi) is 4.59. The third kappa shape index (κ3) is 3.47. The van der Waals surface area contributed by atoms with Gasteiger partial charge in [0.05, 0.1) is 11.6 Å². The third-order valence-corrected chi connectivity index (χ3v) is 3.26. The molecule has 0 amide bonds. The van der Waals surface area contributed by atoms with E-state index >= 15 is 0 Å². The Labute approximate surface area is 124 Å². The molecule has 0 aromatic carbocycles. The fourth-order valence-electron chi connectivity index (χ4n) is 1.76. The SMILES string of the molecule is COc1cc(=O)n(Cc2nc(CC(C)C)no2)cc1Br. The second kappa shape index (κ2) is 6.21. The number of hydrogen-bond donors (Lipinski definition) is 0. The summed E-state index contributed by atoms with van der Waals surface area (Å²) in [6.07, 6.45) is 2.40. The molecule has 7 heteroatoms. The zero-order chi connectivity index (χ0) is 14.7. The Morgan fingerprint density at radius 3 is 2.90 bits per heavy atom. The van der Waals surface area contributed by atoms with Gasteiger partial charge in [-0.05, 0) is 21.8 Å². The van der Waals surface area contributed by atoms with Gasteiger partial charge >= 0.3 is 0 Å². The van der Waals surface area contributed by atoms with Gasteiger partial charge in [0.15, 0.2) is 5.82 Å². The molecule has 20 heavy (non-hydrogen) atoms. The summed E-state index contributed by atoms with van der Waals surface area (Å²) in [6.45, 7) is 4.41. The number of pyridine rings is 1. The van der Waals surface area contributed by atoms with Gasteiger partial charge in [0, 0.05) is 18.7 Å². The summed E-state index contributed by atoms with van der Waals surface area (Å²) >= 11 is 3.34. The number of rotatable bonds is 5. The first-order valence-corrected chi connectivity index (χ1v) is 7.04. The fourth-order valence-corrected chi connectivity index (χ4v) is 2.28. The Balaban J connectivity index is 2.20. The molecule has 0 saturated carbocycles. The lowest BCUT2D eigenvalue weighted by Gasteiger charge is -2.06. The molecule has 0 N–H and O–H groups in total. The topological polar surface area (TPSA) is 70.2 Å². The molecule has 0 aliphatic carbocycles. The van der Waals surface area contributed by atoms with E-state index in [1.54, 1.807) is 6.20 Å². The smallest absolute Gasteiger partial charge is 0.254 e. The maximum absolute atomic E-state index is 11.9. The van der Waals surface area contributed by atoms with E-state index in [1.165, 1.54) is 17.7 Å². The molecule has 0 aliphatic heterocycles. The van der Waals surface area contributed by atoms with E-state index in [2.05, 4.69) is 39.9 Å². The Hall–Kier alpha value is -1.63. The van der Waals surface area contributed by atoms with E-state index < -0.39 is 0 Å². The Morgan fingerprint density at radius 1 is 1.50 bits per heavy atom. The lowest BCUT2D eigenvalue weighted by atomic mass is 10.1. The van der Waals surface area contributed by atoms with Gasteiger partial charge in [0.1, 0.15) is 12.3 Å². The van der Waals surface area contributed by atoms with Crippen molar-refractivity contribution in [2.24, 2.45) is 5.92 Å². The summed E-state index contributed by atoms with van der Waals surface area (Å²) < 4.78 is 12.4. The molecule has 2 rings (SSSR count). The third-order valence-electron chi connectivity index (χ3n) is 2.67.